The van der Waals surface area contributed by atoms with E-state index in [0.29, 0.717) is 24.8 Å². The summed E-state index contributed by atoms with van der Waals surface area (Å²) < 4.78 is 17.5. The fourth-order valence-electron chi connectivity index (χ4n) is 6.99. The van der Waals surface area contributed by atoms with Crippen LogP contribution in [0.1, 0.15) is 52.9 Å². The maximum absolute atomic E-state index is 12.6. The van der Waals surface area contributed by atoms with Crippen molar-refractivity contribution in [2.75, 3.05) is 6.61 Å². The van der Waals surface area contributed by atoms with Crippen LogP contribution in [0.5, 0.6) is 0 Å². The highest BCUT2D eigenvalue weighted by Gasteiger charge is 2.81. The lowest BCUT2D eigenvalue weighted by Crippen LogP contribution is -2.77. The number of fused-ring (bicyclic) bond motifs is 4. The summed E-state index contributed by atoms with van der Waals surface area (Å²) in [4.78, 5) is 35.7. The quantitative estimate of drug-likeness (QED) is 0.407. The Hall–Kier alpha value is -2.23. The number of carboxylic acids is 1. The third-order valence-corrected chi connectivity index (χ3v) is 8.93. The molecule has 0 radical (unpaired) electrons. The maximum Gasteiger partial charge on any atom is 0.334 e. The molecule has 2 fully saturated rings. The predicted octanol–water partition coefficient (Wildman–Crippen LogP) is 1.26. The number of carboxylic acid groups (broad SMARTS) is 1. The summed E-state index contributed by atoms with van der Waals surface area (Å²) in [6, 6.07) is 0. The van der Waals surface area contributed by atoms with Crippen molar-refractivity contribution in [2.24, 2.45) is 17.3 Å². The third kappa shape index (κ3) is 2.61. The summed E-state index contributed by atoms with van der Waals surface area (Å²) in [5.74, 6) is -2.69. The summed E-state index contributed by atoms with van der Waals surface area (Å²) in [7, 11) is 0. The van der Waals surface area contributed by atoms with Gasteiger partial charge in [-0.05, 0) is 42.7 Å². The second-order valence-corrected chi connectivity index (χ2v) is 10.6. The zero-order valence-electron chi connectivity index (χ0n) is 19.0. The number of aliphatic carboxylic acids is 1. The highest BCUT2D eigenvalue weighted by Crippen LogP contribution is 2.68. The van der Waals surface area contributed by atoms with E-state index >= 15 is 0 Å². The molecule has 3 N–H and O–H groups in total. The smallest absolute Gasteiger partial charge is 0.334 e. The largest absolute Gasteiger partial charge is 0.481 e. The van der Waals surface area contributed by atoms with Gasteiger partial charge in [0.25, 0.3) is 0 Å². The lowest BCUT2D eigenvalue weighted by atomic mass is 9.45. The van der Waals surface area contributed by atoms with E-state index in [1.807, 2.05) is 20.8 Å². The summed E-state index contributed by atoms with van der Waals surface area (Å²) in [6.45, 7) is 5.83. The van der Waals surface area contributed by atoms with Crippen molar-refractivity contribution in [1.29, 1.82) is 0 Å². The van der Waals surface area contributed by atoms with Gasteiger partial charge in [0.15, 0.2) is 11.7 Å². The number of ether oxygens (including phenoxy) is 3. The van der Waals surface area contributed by atoms with Crippen molar-refractivity contribution in [3.05, 3.63) is 23.3 Å². The van der Waals surface area contributed by atoms with Crippen LogP contribution < -0.4 is 0 Å². The van der Waals surface area contributed by atoms with E-state index in [1.165, 1.54) is 0 Å². The Bertz CT molecular complexity index is 998. The third-order valence-electron chi connectivity index (χ3n) is 8.93. The molecule has 0 spiro atoms. The molecule has 0 amide bonds. The van der Waals surface area contributed by atoms with Crippen LogP contribution in [-0.2, 0) is 28.6 Å². The zero-order chi connectivity index (χ0) is 24.0. The Morgan fingerprint density at radius 2 is 1.97 bits per heavy atom. The lowest BCUT2D eigenvalue weighted by Gasteiger charge is -2.63. The standard InChI is InChI=1S/C24H30O9/c1-12(2)22-8-9-23(29)21(3)7-6-13-14(11-31-19(13)28)15(21)10-16(33-22)24(23,30)20(22)32-18(27)5-4-17(25)26/h8-9,12,15-16,20,29-30H,4-7,10-11H2,1-3H3,(H,25,26)/t15-,16-,20+,21-,22+,23+,24+/m0/s1. The Balaban J connectivity index is 1.60. The van der Waals surface area contributed by atoms with Gasteiger partial charge >= 0.3 is 17.9 Å². The summed E-state index contributed by atoms with van der Waals surface area (Å²) in [6.07, 6.45) is 1.70. The summed E-state index contributed by atoms with van der Waals surface area (Å²) in [5.41, 5.74) is -4.26. The fourth-order valence-corrected chi connectivity index (χ4v) is 6.99. The molecule has 2 aliphatic heterocycles. The molecule has 0 aromatic heterocycles. The first-order valence-electron chi connectivity index (χ1n) is 11.5. The first kappa shape index (κ1) is 22.6. The molecular formula is C24H30O9. The first-order valence-corrected chi connectivity index (χ1v) is 11.5. The van der Waals surface area contributed by atoms with Gasteiger partial charge in [0, 0.05) is 11.0 Å². The molecule has 2 bridgehead atoms. The molecule has 1 saturated carbocycles. The number of cyclic esters (lactones) is 1. The van der Waals surface area contributed by atoms with E-state index in [4.69, 9.17) is 19.3 Å². The number of carbonyl (C=O) groups is 3. The molecule has 1 saturated heterocycles. The van der Waals surface area contributed by atoms with Gasteiger partial charge in [0.05, 0.1) is 18.9 Å². The molecule has 0 unspecified atom stereocenters. The fraction of sp³-hybridized carbons (Fsp3) is 0.708. The van der Waals surface area contributed by atoms with Crippen LogP contribution in [0, 0.1) is 17.3 Å². The minimum Gasteiger partial charge on any atom is -0.481 e. The van der Waals surface area contributed by atoms with Crippen molar-refractivity contribution >= 4 is 17.9 Å². The van der Waals surface area contributed by atoms with Crippen LogP contribution in [0.2, 0.25) is 0 Å². The van der Waals surface area contributed by atoms with Crippen LogP contribution in [0.3, 0.4) is 0 Å². The van der Waals surface area contributed by atoms with Crippen molar-refractivity contribution in [3.63, 3.8) is 0 Å². The van der Waals surface area contributed by atoms with E-state index in [2.05, 4.69) is 0 Å². The molecule has 180 valence electrons. The van der Waals surface area contributed by atoms with E-state index in [9.17, 15) is 24.6 Å². The van der Waals surface area contributed by atoms with Gasteiger partial charge < -0.3 is 29.5 Å². The van der Waals surface area contributed by atoms with Gasteiger partial charge in [-0.1, -0.05) is 26.8 Å². The van der Waals surface area contributed by atoms with Crippen LogP contribution in [0.15, 0.2) is 23.3 Å². The van der Waals surface area contributed by atoms with Crippen molar-refractivity contribution < 1.29 is 43.9 Å². The Labute approximate surface area is 191 Å². The molecule has 9 nitrogen and oxygen atoms in total. The van der Waals surface area contributed by atoms with E-state index in [1.54, 1.807) is 12.2 Å². The van der Waals surface area contributed by atoms with Gasteiger partial charge in [-0.25, -0.2) is 4.79 Å². The van der Waals surface area contributed by atoms with Crippen LogP contribution in [0.25, 0.3) is 0 Å². The number of aliphatic hydroxyl groups is 2. The van der Waals surface area contributed by atoms with Crippen molar-refractivity contribution in [2.45, 2.75) is 81.9 Å². The minimum atomic E-state index is -1.93. The average molecular weight is 462 g/mol. The normalized spacial score (nSPS) is 45.0. The molecule has 9 heteroatoms. The molecule has 0 aromatic carbocycles. The second-order valence-electron chi connectivity index (χ2n) is 10.6. The molecule has 0 aromatic rings. The van der Waals surface area contributed by atoms with Gasteiger partial charge in [-0.15, -0.1) is 0 Å². The highest BCUT2D eigenvalue weighted by atomic mass is 16.6. The predicted molar refractivity (Wildman–Crippen MR) is 112 cm³/mol. The second kappa shape index (κ2) is 6.90. The molecular weight excluding hydrogens is 432 g/mol. The molecule has 7 atom stereocenters. The number of carbonyl (C=O) groups excluding carboxylic acids is 2. The van der Waals surface area contributed by atoms with Gasteiger partial charge in [0.2, 0.25) is 0 Å². The van der Waals surface area contributed by atoms with Gasteiger partial charge in [0.1, 0.15) is 17.8 Å². The lowest BCUT2D eigenvalue weighted by molar-refractivity contribution is -0.270. The van der Waals surface area contributed by atoms with Gasteiger partial charge in [-0.3, -0.25) is 9.59 Å². The number of esters is 2. The van der Waals surface area contributed by atoms with Crippen molar-refractivity contribution in [3.8, 4) is 0 Å². The average Bonchev–Trinajstić information content (AvgIpc) is 3.21. The topological polar surface area (TPSA) is 140 Å². The number of rotatable bonds is 5. The highest BCUT2D eigenvalue weighted by molar-refractivity contribution is 5.92. The van der Waals surface area contributed by atoms with Crippen LogP contribution in [0.4, 0.5) is 0 Å². The maximum atomic E-state index is 12.6. The minimum absolute atomic E-state index is 0.169. The van der Waals surface area contributed by atoms with E-state index in [0.717, 1.165) is 5.57 Å². The number of hydrogen-bond acceptors (Lipinski definition) is 8. The first-order chi connectivity index (χ1) is 15.4. The molecule has 3 aliphatic carbocycles. The van der Waals surface area contributed by atoms with Gasteiger partial charge in [-0.2, -0.15) is 0 Å². The Morgan fingerprint density at radius 3 is 2.64 bits per heavy atom. The monoisotopic (exact) mass is 462 g/mol. The summed E-state index contributed by atoms with van der Waals surface area (Å²) in [5, 5.41) is 33.4. The molecule has 33 heavy (non-hydrogen) atoms. The zero-order valence-corrected chi connectivity index (χ0v) is 19.0. The van der Waals surface area contributed by atoms with E-state index < -0.39 is 52.8 Å². The van der Waals surface area contributed by atoms with Crippen LogP contribution >= 0.6 is 0 Å². The van der Waals surface area contributed by atoms with Crippen LogP contribution in [-0.4, -0.2) is 68.8 Å². The molecule has 5 rings (SSSR count). The Morgan fingerprint density at radius 1 is 1.24 bits per heavy atom. The summed E-state index contributed by atoms with van der Waals surface area (Å²) >= 11 is 0. The SMILES string of the molecule is CC(C)[C@@]12C=C[C@]3(O)[C@@](O)([C@H](C[C@H]4C5=C(CC[C@@]43C)C(=O)OC5)O1)[C@@H]2OC(=O)CCC(=O)O. The van der Waals surface area contributed by atoms with E-state index in [-0.39, 0.29) is 30.8 Å². The molecule has 2 heterocycles. The molecule has 5 aliphatic rings. The number of hydrogen-bond donors (Lipinski definition) is 3. The Kier molecular flexibility index (Phi) is 4.71. The van der Waals surface area contributed by atoms with Crippen molar-refractivity contribution in [1.82, 2.24) is 0 Å².